The molecule has 2 rings (SSSR count). The number of H-pyrrole nitrogens is 1. The molecule has 2 aromatic rings. The first-order valence-electron chi connectivity index (χ1n) is 4.75. The average molecular weight is 221 g/mol. The van der Waals surface area contributed by atoms with Crippen molar-refractivity contribution >= 4 is 17.1 Å². The molecule has 7 heteroatoms. The highest BCUT2D eigenvalue weighted by Gasteiger charge is 2.05. The van der Waals surface area contributed by atoms with Gasteiger partial charge in [-0.15, -0.1) is 0 Å². The van der Waals surface area contributed by atoms with E-state index in [1.54, 1.807) is 17.9 Å². The van der Waals surface area contributed by atoms with Crippen molar-refractivity contribution in [3.05, 3.63) is 18.1 Å². The van der Waals surface area contributed by atoms with Crippen LogP contribution in [0.1, 0.15) is 6.42 Å². The molecule has 2 N–H and O–H groups in total. The van der Waals surface area contributed by atoms with Crippen LogP contribution in [0, 0.1) is 0 Å². The van der Waals surface area contributed by atoms with Gasteiger partial charge in [-0.25, -0.2) is 9.97 Å². The summed E-state index contributed by atoms with van der Waals surface area (Å²) in [5.41, 5.74) is 1.95. The number of carboxylic acids is 1. The average Bonchev–Trinajstić information content (AvgIpc) is 2.73. The number of hydrogen-bond acceptors (Lipinski definition) is 4. The number of carbonyl (C=O) groups is 1. The minimum Gasteiger partial charge on any atom is -0.481 e. The van der Waals surface area contributed by atoms with Gasteiger partial charge in [0.05, 0.1) is 19.1 Å². The highest BCUT2D eigenvalue weighted by Crippen LogP contribution is 1.98. The predicted molar refractivity (Wildman–Crippen MR) is 55.6 cm³/mol. The smallest absolute Gasteiger partial charge is 0.305 e. The van der Waals surface area contributed by atoms with E-state index in [-0.39, 0.29) is 6.42 Å². The van der Waals surface area contributed by atoms with Gasteiger partial charge < -0.3 is 14.7 Å². The van der Waals surface area contributed by atoms with Crippen LogP contribution in [0.4, 0.5) is 0 Å². The van der Waals surface area contributed by atoms with E-state index in [0.717, 1.165) is 5.52 Å². The van der Waals surface area contributed by atoms with Gasteiger partial charge >= 0.3 is 5.97 Å². The zero-order chi connectivity index (χ0) is 11.5. The van der Waals surface area contributed by atoms with Gasteiger partial charge in [-0.3, -0.25) is 9.79 Å². The van der Waals surface area contributed by atoms with Crippen molar-refractivity contribution in [1.29, 1.82) is 0 Å². The van der Waals surface area contributed by atoms with Crippen LogP contribution >= 0.6 is 0 Å². The number of aryl methyl sites for hydroxylation is 1. The van der Waals surface area contributed by atoms with Crippen molar-refractivity contribution in [2.45, 2.75) is 13.0 Å². The van der Waals surface area contributed by atoms with E-state index >= 15 is 0 Å². The van der Waals surface area contributed by atoms with Crippen molar-refractivity contribution in [1.82, 2.24) is 19.5 Å². The van der Waals surface area contributed by atoms with Crippen LogP contribution in [0.3, 0.4) is 0 Å². The fourth-order valence-electron chi connectivity index (χ4n) is 1.49. The van der Waals surface area contributed by atoms with Crippen molar-refractivity contribution in [3.63, 3.8) is 0 Å². The summed E-state index contributed by atoms with van der Waals surface area (Å²) in [4.78, 5) is 25.6. The molecule has 0 saturated heterocycles. The SMILES string of the molecule is CN=c1c2[nH]cnc2ncn1CCC(=O)O. The lowest BCUT2D eigenvalue weighted by Gasteiger charge is -2.04. The molecule has 0 saturated carbocycles. The molecule has 16 heavy (non-hydrogen) atoms. The molecule has 0 radical (unpaired) electrons. The minimum absolute atomic E-state index is 0.0362. The lowest BCUT2D eigenvalue weighted by molar-refractivity contribution is -0.137. The molecular weight excluding hydrogens is 210 g/mol. The minimum atomic E-state index is -0.848. The van der Waals surface area contributed by atoms with E-state index < -0.39 is 5.97 Å². The number of imidazole rings is 1. The molecule has 0 aliphatic rings. The largest absolute Gasteiger partial charge is 0.481 e. The van der Waals surface area contributed by atoms with Crippen LogP contribution in [0.2, 0.25) is 0 Å². The molecule has 0 amide bonds. The standard InChI is InChI=1S/C9H11N5O2/c1-10-9-7-8(12-4-11-7)13-5-14(9)3-2-6(15)16/h4-5H,2-3H2,1H3,(H,11,12)(H,15,16). The Labute approximate surface area is 90.5 Å². The van der Waals surface area contributed by atoms with E-state index in [0.29, 0.717) is 17.7 Å². The van der Waals surface area contributed by atoms with Crippen molar-refractivity contribution in [3.8, 4) is 0 Å². The Morgan fingerprint density at radius 3 is 3.12 bits per heavy atom. The third-order valence-electron chi connectivity index (χ3n) is 2.21. The molecule has 7 nitrogen and oxygen atoms in total. The molecule has 0 aliphatic carbocycles. The predicted octanol–water partition coefficient (Wildman–Crippen LogP) is -0.235. The zero-order valence-corrected chi connectivity index (χ0v) is 8.71. The summed E-state index contributed by atoms with van der Waals surface area (Å²) in [6, 6.07) is 0. The molecule has 0 aromatic carbocycles. The van der Waals surface area contributed by atoms with Gasteiger partial charge in [-0.05, 0) is 0 Å². The lowest BCUT2D eigenvalue weighted by atomic mass is 10.4. The van der Waals surface area contributed by atoms with E-state index in [1.165, 1.54) is 6.33 Å². The number of aliphatic carboxylic acids is 1. The fraction of sp³-hybridized carbons (Fsp3) is 0.333. The Hall–Kier alpha value is -2.18. The van der Waals surface area contributed by atoms with E-state index in [1.807, 2.05) is 0 Å². The van der Waals surface area contributed by atoms with Gasteiger partial charge in [0.2, 0.25) is 0 Å². The van der Waals surface area contributed by atoms with Crippen molar-refractivity contribution in [2.24, 2.45) is 4.99 Å². The molecule has 0 spiro atoms. The molecule has 2 heterocycles. The fourth-order valence-corrected chi connectivity index (χ4v) is 1.49. The van der Waals surface area contributed by atoms with Gasteiger partial charge in [-0.1, -0.05) is 0 Å². The maximum Gasteiger partial charge on any atom is 0.305 e. The van der Waals surface area contributed by atoms with E-state index in [2.05, 4.69) is 19.9 Å². The number of hydrogen-bond donors (Lipinski definition) is 2. The first kappa shape index (κ1) is 10.3. The number of aromatic amines is 1. The topological polar surface area (TPSA) is 96.2 Å². The third kappa shape index (κ3) is 1.79. The first-order chi connectivity index (χ1) is 7.72. The summed E-state index contributed by atoms with van der Waals surface area (Å²) in [7, 11) is 1.65. The maximum atomic E-state index is 10.5. The number of aromatic nitrogens is 4. The second kappa shape index (κ2) is 4.13. The molecule has 0 fully saturated rings. The Kier molecular flexibility index (Phi) is 2.67. The zero-order valence-electron chi connectivity index (χ0n) is 8.71. The Bertz CT molecular complexity index is 583. The van der Waals surface area contributed by atoms with Gasteiger partial charge in [0.1, 0.15) is 5.52 Å². The van der Waals surface area contributed by atoms with Crippen molar-refractivity contribution < 1.29 is 9.90 Å². The van der Waals surface area contributed by atoms with Crippen LogP contribution < -0.4 is 5.49 Å². The van der Waals surface area contributed by atoms with Gasteiger partial charge in [-0.2, -0.15) is 0 Å². The second-order valence-electron chi connectivity index (χ2n) is 3.23. The quantitative estimate of drug-likeness (QED) is 0.747. The summed E-state index contributed by atoms with van der Waals surface area (Å²) in [5, 5.41) is 8.63. The summed E-state index contributed by atoms with van der Waals surface area (Å²) >= 11 is 0. The summed E-state index contributed by atoms with van der Waals surface area (Å²) < 4.78 is 1.69. The number of fused-ring (bicyclic) bond motifs is 1. The van der Waals surface area contributed by atoms with Crippen LogP contribution in [0.5, 0.6) is 0 Å². The van der Waals surface area contributed by atoms with Crippen LogP contribution in [0.15, 0.2) is 17.6 Å². The maximum absolute atomic E-state index is 10.5. The number of nitrogens with one attached hydrogen (secondary N) is 1. The highest BCUT2D eigenvalue weighted by atomic mass is 16.4. The van der Waals surface area contributed by atoms with E-state index in [4.69, 9.17) is 5.11 Å². The molecule has 0 aliphatic heterocycles. The summed E-state index contributed by atoms with van der Waals surface area (Å²) in [6.45, 7) is 0.337. The molecular formula is C9H11N5O2. The number of nitrogens with zero attached hydrogens (tertiary/aromatic N) is 4. The number of carboxylic acid groups (broad SMARTS) is 1. The highest BCUT2D eigenvalue weighted by molar-refractivity contribution is 5.68. The van der Waals surface area contributed by atoms with Crippen LogP contribution in [0.25, 0.3) is 11.2 Å². The third-order valence-corrected chi connectivity index (χ3v) is 2.21. The summed E-state index contributed by atoms with van der Waals surface area (Å²) in [6.07, 6.45) is 3.12. The van der Waals surface area contributed by atoms with Gasteiger partial charge in [0.15, 0.2) is 11.1 Å². The second-order valence-corrected chi connectivity index (χ2v) is 3.23. The van der Waals surface area contributed by atoms with E-state index in [9.17, 15) is 4.79 Å². The van der Waals surface area contributed by atoms with Crippen LogP contribution in [-0.4, -0.2) is 37.6 Å². The Morgan fingerprint density at radius 2 is 2.44 bits per heavy atom. The van der Waals surface area contributed by atoms with Crippen LogP contribution in [-0.2, 0) is 11.3 Å². The molecule has 84 valence electrons. The first-order valence-corrected chi connectivity index (χ1v) is 4.75. The molecule has 0 bridgehead atoms. The molecule has 0 unspecified atom stereocenters. The normalized spacial score (nSPS) is 12.2. The summed E-state index contributed by atoms with van der Waals surface area (Å²) in [5.74, 6) is -0.848. The molecule has 2 aromatic heterocycles. The lowest BCUT2D eigenvalue weighted by Crippen LogP contribution is -2.23. The van der Waals surface area contributed by atoms with Crippen molar-refractivity contribution in [2.75, 3.05) is 7.05 Å². The van der Waals surface area contributed by atoms with Gasteiger partial charge in [0.25, 0.3) is 0 Å². The molecule has 0 atom stereocenters. The number of rotatable bonds is 3. The Morgan fingerprint density at radius 1 is 1.62 bits per heavy atom. The monoisotopic (exact) mass is 221 g/mol. The Balaban J connectivity index is 2.49. The van der Waals surface area contributed by atoms with Gasteiger partial charge in [0, 0.05) is 13.6 Å².